The van der Waals surface area contributed by atoms with Crippen LogP contribution in [0.1, 0.15) is 13.8 Å². The average molecular weight is 143 g/mol. The zero-order chi connectivity index (χ0) is 7.44. The molecule has 1 nitrogen and oxygen atoms in total. The van der Waals surface area contributed by atoms with Gasteiger partial charge in [-0.05, 0) is 27.9 Å². The first-order valence-electron chi connectivity index (χ1n) is 3.35. The molecule has 0 fully saturated rings. The van der Waals surface area contributed by atoms with E-state index < -0.39 is 8.96 Å². The molecule has 0 aliphatic heterocycles. The molecule has 2 heteroatoms. The van der Waals surface area contributed by atoms with E-state index in [2.05, 4.69) is 44.8 Å². The second-order valence-electron chi connectivity index (χ2n) is 2.95. The Morgan fingerprint density at radius 2 is 1.78 bits per heavy atom. The number of hydrogen-bond donors (Lipinski definition) is 0. The Morgan fingerprint density at radius 1 is 1.33 bits per heavy atom. The Kier molecular flexibility index (Phi) is 3.82. The molecule has 0 radical (unpaired) electrons. The standard InChI is InChI=1S/C7H17NSi/c1-7(2)6-9(5)8(3)4/h6,9H,1-5H3. The summed E-state index contributed by atoms with van der Waals surface area (Å²) in [6, 6.07) is 0. The summed E-state index contributed by atoms with van der Waals surface area (Å²) in [4.78, 5) is 0. The Bertz CT molecular complexity index is 103. The van der Waals surface area contributed by atoms with Crippen LogP contribution in [-0.2, 0) is 0 Å². The molecule has 1 atom stereocenters. The summed E-state index contributed by atoms with van der Waals surface area (Å²) in [6.45, 7) is 6.65. The van der Waals surface area contributed by atoms with Gasteiger partial charge >= 0.3 is 0 Å². The summed E-state index contributed by atoms with van der Waals surface area (Å²) in [5.41, 5.74) is 3.84. The van der Waals surface area contributed by atoms with Crippen molar-refractivity contribution in [1.82, 2.24) is 4.57 Å². The lowest BCUT2D eigenvalue weighted by atomic mass is 10.4. The quantitative estimate of drug-likeness (QED) is 0.528. The van der Waals surface area contributed by atoms with Gasteiger partial charge in [0.2, 0.25) is 0 Å². The Labute approximate surface area is 60.1 Å². The molecular weight excluding hydrogens is 126 g/mol. The van der Waals surface area contributed by atoms with Gasteiger partial charge < -0.3 is 4.57 Å². The van der Waals surface area contributed by atoms with Gasteiger partial charge in [-0.2, -0.15) is 0 Å². The summed E-state index contributed by atoms with van der Waals surface area (Å²) in [5.74, 6) is 0. The van der Waals surface area contributed by atoms with Crippen LogP contribution in [0.25, 0.3) is 0 Å². The zero-order valence-electron chi connectivity index (χ0n) is 7.10. The van der Waals surface area contributed by atoms with Crippen LogP contribution in [-0.4, -0.2) is 27.6 Å². The number of hydrogen-bond acceptors (Lipinski definition) is 1. The lowest BCUT2D eigenvalue weighted by Crippen LogP contribution is -2.27. The van der Waals surface area contributed by atoms with Gasteiger partial charge in [0.1, 0.15) is 8.96 Å². The molecule has 0 rings (SSSR count). The topological polar surface area (TPSA) is 3.24 Å². The van der Waals surface area contributed by atoms with Gasteiger partial charge in [0.25, 0.3) is 0 Å². The molecule has 0 aliphatic rings. The van der Waals surface area contributed by atoms with Crippen LogP contribution in [0.2, 0.25) is 6.55 Å². The van der Waals surface area contributed by atoms with Crippen molar-refractivity contribution in [2.24, 2.45) is 0 Å². The monoisotopic (exact) mass is 143 g/mol. The Morgan fingerprint density at radius 3 is 1.89 bits per heavy atom. The summed E-state index contributed by atoms with van der Waals surface area (Å²) < 4.78 is 2.33. The van der Waals surface area contributed by atoms with Crippen molar-refractivity contribution >= 4 is 8.96 Å². The van der Waals surface area contributed by atoms with E-state index in [1.165, 1.54) is 5.57 Å². The molecule has 0 saturated heterocycles. The third-order valence-electron chi connectivity index (χ3n) is 1.39. The lowest BCUT2D eigenvalue weighted by molar-refractivity contribution is 0.652. The van der Waals surface area contributed by atoms with E-state index in [0.29, 0.717) is 0 Å². The van der Waals surface area contributed by atoms with E-state index >= 15 is 0 Å². The summed E-state index contributed by atoms with van der Waals surface area (Å²) >= 11 is 0. The molecule has 0 saturated carbocycles. The van der Waals surface area contributed by atoms with Gasteiger partial charge in [0, 0.05) is 0 Å². The molecular formula is C7H17NSi. The normalized spacial score (nSPS) is 13.6. The molecule has 1 unspecified atom stereocenters. The smallest absolute Gasteiger partial charge is 0.132 e. The van der Waals surface area contributed by atoms with Crippen molar-refractivity contribution in [3.05, 3.63) is 11.3 Å². The van der Waals surface area contributed by atoms with Crippen LogP contribution in [0, 0.1) is 0 Å². The minimum atomic E-state index is -0.662. The molecule has 0 aliphatic carbocycles. The maximum atomic E-state index is 2.39. The number of nitrogens with zero attached hydrogens (tertiary/aromatic N) is 1. The van der Waals surface area contributed by atoms with Crippen LogP contribution in [0.3, 0.4) is 0 Å². The number of allylic oxidation sites excluding steroid dienone is 1. The van der Waals surface area contributed by atoms with Crippen LogP contribution >= 0.6 is 0 Å². The third kappa shape index (κ3) is 4.42. The molecule has 0 aromatic heterocycles. The zero-order valence-corrected chi connectivity index (χ0v) is 8.26. The van der Waals surface area contributed by atoms with Crippen molar-refractivity contribution in [2.45, 2.75) is 20.4 Å². The van der Waals surface area contributed by atoms with Crippen molar-refractivity contribution < 1.29 is 0 Å². The van der Waals surface area contributed by atoms with Gasteiger partial charge in [-0.3, -0.25) is 0 Å². The molecule has 54 valence electrons. The fourth-order valence-electron chi connectivity index (χ4n) is 0.631. The first kappa shape index (κ1) is 8.92. The molecule has 0 spiro atoms. The Balaban J connectivity index is 3.76. The highest BCUT2D eigenvalue weighted by molar-refractivity contribution is 6.59. The number of rotatable bonds is 2. The first-order chi connectivity index (χ1) is 4.04. The molecule has 0 bridgehead atoms. The summed E-state index contributed by atoms with van der Waals surface area (Å²) in [7, 11) is 3.64. The predicted molar refractivity (Wildman–Crippen MR) is 46.1 cm³/mol. The minimum Gasteiger partial charge on any atom is -0.328 e. The fourth-order valence-corrected chi connectivity index (χ4v) is 1.89. The van der Waals surface area contributed by atoms with E-state index in [9.17, 15) is 0 Å². The second-order valence-corrected chi connectivity index (χ2v) is 5.80. The summed E-state index contributed by atoms with van der Waals surface area (Å²) in [5, 5.41) is 0. The third-order valence-corrected chi connectivity index (χ3v) is 4.17. The SMILES string of the molecule is CC(C)=C[SiH](C)N(C)C. The Hall–Kier alpha value is -0.0831. The van der Waals surface area contributed by atoms with Crippen molar-refractivity contribution in [2.75, 3.05) is 14.1 Å². The van der Waals surface area contributed by atoms with Gasteiger partial charge in [-0.15, -0.1) is 0 Å². The molecule has 0 amide bonds. The van der Waals surface area contributed by atoms with E-state index in [1.54, 1.807) is 0 Å². The van der Waals surface area contributed by atoms with Gasteiger partial charge in [-0.1, -0.05) is 17.8 Å². The van der Waals surface area contributed by atoms with Crippen LogP contribution in [0.4, 0.5) is 0 Å². The van der Waals surface area contributed by atoms with Crippen molar-refractivity contribution in [3.63, 3.8) is 0 Å². The van der Waals surface area contributed by atoms with Crippen LogP contribution in [0.5, 0.6) is 0 Å². The van der Waals surface area contributed by atoms with Crippen LogP contribution in [0.15, 0.2) is 11.3 Å². The molecule has 0 N–H and O–H groups in total. The van der Waals surface area contributed by atoms with Crippen molar-refractivity contribution in [1.29, 1.82) is 0 Å². The lowest BCUT2D eigenvalue weighted by Gasteiger charge is -2.13. The summed E-state index contributed by atoms with van der Waals surface area (Å²) in [6.07, 6.45) is 0. The largest absolute Gasteiger partial charge is 0.328 e. The molecule has 0 aromatic rings. The highest BCUT2D eigenvalue weighted by atomic mass is 28.3. The highest BCUT2D eigenvalue weighted by Gasteiger charge is 2.00. The molecule has 9 heavy (non-hydrogen) atoms. The minimum absolute atomic E-state index is 0.662. The maximum Gasteiger partial charge on any atom is 0.132 e. The second kappa shape index (κ2) is 3.85. The predicted octanol–water partition coefficient (Wildman–Crippen LogP) is 1.41. The van der Waals surface area contributed by atoms with Gasteiger partial charge in [0.05, 0.1) is 0 Å². The fraction of sp³-hybridized carbons (Fsp3) is 0.714. The van der Waals surface area contributed by atoms with E-state index in [1.807, 2.05) is 0 Å². The van der Waals surface area contributed by atoms with Crippen molar-refractivity contribution in [3.8, 4) is 0 Å². The van der Waals surface area contributed by atoms with Gasteiger partial charge in [0.15, 0.2) is 0 Å². The molecule has 0 aromatic carbocycles. The van der Waals surface area contributed by atoms with Gasteiger partial charge in [-0.25, -0.2) is 0 Å². The highest BCUT2D eigenvalue weighted by Crippen LogP contribution is 1.94. The first-order valence-corrected chi connectivity index (χ1v) is 5.69. The average Bonchev–Trinajstić information content (AvgIpc) is 1.63. The van der Waals surface area contributed by atoms with E-state index in [-0.39, 0.29) is 0 Å². The van der Waals surface area contributed by atoms with Crippen LogP contribution < -0.4 is 0 Å². The van der Waals surface area contributed by atoms with E-state index in [4.69, 9.17) is 0 Å². The maximum absolute atomic E-state index is 2.39. The van der Waals surface area contributed by atoms with E-state index in [0.717, 1.165) is 0 Å². The molecule has 0 heterocycles.